The molecule has 0 amide bonds. The van der Waals surface area contributed by atoms with Crippen molar-refractivity contribution in [2.24, 2.45) is 0 Å². The maximum absolute atomic E-state index is 3.66. The van der Waals surface area contributed by atoms with Gasteiger partial charge in [0, 0.05) is 11.2 Å². The molecule has 1 N–H and O–H groups in total. The van der Waals surface area contributed by atoms with Crippen LogP contribution in [0.25, 0.3) is 33.2 Å². The largest absolute Gasteiger partial charge is 0.358 e. The minimum absolute atomic E-state index is 0.586. The molecule has 1 heteroatoms. The van der Waals surface area contributed by atoms with E-state index in [0.717, 1.165) is 0 Å². The third kappa shape index (κ3) is 4.15. The Morgan fingerprint density at radius 2 is 1.34 bits per heavy atom. The number of unbranched alkanes of at least 4 members (excludes halogenated alkanes) is 1. The Hall–Kier alpha value is -2.80. The van der Waals surface area contributed by atoms with Crippen LogP contribution in [-0.2, 0) is 0 Å². The number of aromatic nitrogens is 1. The Bertz CT molecular complexity index is 1110. The van der Waals surface area contributed by atoms with Crippen LogP contribution < -0.4 is 0 Å². The molecule has 4 rings (SSSR count). The van der Waals surface area contributed by atoms with Crippen molar-refractivity contribution < 1.29 is 0 Å². The molecule has 148 valence electrons. The monoisotopic (exact) mass is 381 g/mol. The summed E-state index contributed by atoms with van der Waals surface area (Å²) in [5.74, 6) is 0.586. The summed E-state index contributed by atoms with van der Waals surface area (Å²) in [5.41, 5.74) is 10.3. The van der Waals surface area contributed by atoms with Gasteiger partial charge >= 0.3 is 0 Å². The van der Waals surface area contributed by atoms with Gasteiger partial charge in [-0.15, -0.1) is 0 Å². The molecule has 0 radical (unpaired) electrons. The van der Waals surface area contributed by atoms with E-state index in [4.69, 9.17) is 0 Å². The van der Waals surface area contributed by atoms with Gasteiger partial charge in [-0.3, -0.25) is 0 Å². The maximum Gasteiger partial charge on any atom is 0.0462 e. The molecule has 0 aliphatic carbocycles. The predicted octanol–water partition coefficient (Wildman–Crippen LogP) is 8.41. The van der Waals surface area contributed by atoms with Crippen molar-refractivity contribution in [1.29, 1.82) is 0 Å². The highest BCUT2D eigenvalue weighted by Gasteiger charge is 2.10. The van der Waals surface area contributed by atoms with Crippen molar-refractivity contribution >= 4 is 10.9 Å². The molecule has 1 aromatic heterocycles. The van der Waals surface area contributed by atoms with Gasteiger partial charge in [0.1, 0.15) is 0 Å². The third-order valence-corrected chi connectivity index (χ3v) is 6.22. The van der Waals surface area contributed by atoms with Crippen LogP contribution in [0.2, 0.25) is 0 Å². The number of aryl methyl sites for hydroxylation is 2. The minimum atomic E-state index is 0.586. The molecule has 29 heavy (non-hydrogen) atoms. The first-order chi connectivity index (χ1) is 14.0. The second kappa shape index (κ2) is 8.29. The van der Waals surface area contributed by atoms with Crippen molar-refractivity contribution in [3.63, 3.8) is 0 Å². The summed E-state index contributed by atoms with van der Waals surface area (Å²) in [6, 6.07) is 24.7. The molecule has 0 bridgehead atoms. The first-order valence-electron chi connectivity index (χ1n) is 10.9. The Kier molecular flexibility index (Phi) is 5.58. The summed E-state index contributed by atoms with van der Waals surface area (Å²) < 4.78 is 0. The van der Waals surface area contributed by atoms with E-state index in [1.807, 2.05) is 0 Å². The van der Waals surface area contributed by atoms with Gasteiger partial charge in [0.2, 0.25) is 0 Å². The molecular formula is C28H31N. The van der Waals surface area contributed by atoms with Gasteiger partial charge in [-0.1, -0.05) is 81.3 Å². The van der Waals surface area contributed by atoms with Crippen LogP contribution in [0.15, 0.2) is 66.7 Å². The SMILES string of the molecule is CCCCC(C)c1cc2ccc(-c3ccc(-c4ccc(C)c(C)c4)cc3)cc2[nH]1. The molecule has 0 spiro atoms. The molecule has 1 heterocycles. The van der Waals surface area contributed by atoms with E-state index < -0.39 is 0 Å². The number of nitrogens with one attached hydrogen (secondary N) is 1. The molecule has 4 aromatic rings. The quantitative estimate of drug-likeness (QED) is 0.345. The van der Waals surface area contributed by atoms with Gasteiger partial charge < -0.3 is 4.98 Å². The van der Waals surface area contributed by atoms with Gasteiger partial charge in [-0.25, -0.2) is 0 Å². The first kappa shape index (κ1) is 19.5. The molecule has 1 unspecified atom stereocenters. The molecule has 0 saturated carbocycles. The highest BCUT2D eigenvalue weighted by Crippen LogP contribution is 2.30. The van der Waals surface area contributed by atoms with E-state index in [-0.39, 0.29) is 0 Å². The van der Waals surface area contributed by atoms with Crippen LogP contribution in [0.1, 0.15) is 55.8 Å². The van der Waals surface area contributed by atoms with Gasteiger partial charge in [-0.2, -0.15) is 0 Å². The molecule has 0 aliphatic rings. The van der Waals surface area contributed by atoms with Gasteiger partial charge in [0.05, 0.1) is 0 Å². The van der Waals surface area contributed by atoms with Crippen LogP contribution in [-0.4, -0.2) is 4.98 Å². The zero-order valence-electron chi connectivity index (χ0n) is 18.0. The number of aromatic amines is 1. The first-order valence-corrected chi connectivity index (χ1v) is 10.9. The lowest BCUT2D eigenvalue weighted by molar-refractivity contribution is 0.615. The fourth-order valence-corrected chi connectivity index (χ4v) is 4.04. The average Bonchev–Trinajstić information content (AvgIpc) is 3.17. The molecule has 0 aliphatic heterocycles. The van der Waals surface area contributed by atoms with Crippen LogP contribution in [0, 0.1) is 13.8 Å². The van der Waals surface area contributed by atoms with E-state index in [0.29, 0.717) is 5.92 Å². The average molecular weight is 382 g/mol. The van der Waals surface area contributed by atoms with Crippen molar-refractivity contribution in [1.82, 2.24) is 4.98 Å². The predicted molar refractivity (Wildman–Crippen MR) is 127 cm³/mol. The molecule has 0 saturated heterocycles. The van der Waals surface area contributed by atoms with Crippen molar-refractivity contribution in [2.75, 3.05) is 0 Å². The standard InChI is InChI=1S/C28H31N/c1-5-6-7-20(3)27-18-26-15-14-25(17-28(26)29-27)23-12-10-22(11-13-23)24-9-8-19(2)21(4)16-24/h8-18,20,29H,5-7H2,1-4H3. The number of hydrogen-bond acceptors (Lipinski definition) is 0. The van der Waals surface area contributed by atoms with E-state index in [9.17, 15) is 0 Å². The zero-order chi connectivity index (χ0) is 20.4. The lowest BCUT2D eigenvalue weighted by atomic mass is 9.97. The fourth-order valence-electron chi connectivity index (χ4n) is 4.04. The lowest BCUT2D eigenvalue weighted by Gasteiger charge is -2.08. The second-order valence-corrected chi connectivity index (χ2v) is 8.45. The summed E-state index contributed by atoms with van der Waals surface area (Å²) in [7, 11) is 0. The fraction of sp³-hybridized carbons (Fsp3) is 0.286. The smallest absolute Gasteiger partial charge is 0.0462 e. The lowest BCUT2D eigenvalue weighted by Crippen LogP contribution is -1.93. The van der Waals surface area contributed by atoms with Crippen molar-refractivity contribution in [3.8, 4) is 22.3 Å². The van der Waals surface area contributed by atoms with Gasteiger partial charge in [-0.05, 0) is 77.1 Å². The number of rotatable bonds is 6. The topological polar surface area (TPSA) is 15.8 Å². The third-order valence-electron chi connectivity index (χ3n) is 6.22. The number of benzene rings is 3. The van der Waals surface area contributed by atoms with Crippen LogP contribution in [0.5, 0.6) is 0 Å². The Labute approximate surface area is 174 Å². The molecule has 3 aromatic carbocycles. The minimum Gasteiger partial charge on any atom is -0.358 e. The zero-order valence-corrected chi connectivity index (χ0v) is 18.0. The van der Waals surface area contributed by atoms with Crippen molar-refractivity contribution in [2.45, 2.75) is 52.9 Å². The van der Waals surface area contributed by atoms with E-state index in [1.165, 1.54) is 69.2 Å². The number of fused-ring (bicyclic) bond motifs is 1. The molecule has 1 atom stereocenters. The maximum atomic E-state index is 3.66. The normalized spacial score (nSPS) is 12.4. The van der Waals surface area contributed by atoms with Crippen LogP contribution in [0.4, 0.5) is 0 Å². The highest BCUT2D eigenvalue weighted by molar-refractivity contribution is 5.86. The summed E-state index contributed by atoms with van der Waals surface area (Å²) in [6.07, 6.45) is 3.79. The Morgan fingerprint density at radius 3 is 2.00 bits per heavy atom. The summed E-state index contributed by atoms with van der Waals surface area (Å²) in [4.78, 5) is 3.66. The second-order valence-electron chi connectivity index (χ2n) is 8.45. The number of H-pyrrole nitrogens is 1. The Balaban J connectivity index is 1.59. The highest BCUT2D eigenvalue weighted by atomic mass is 14.7. The van der Waals surface area contributed by atoms with Crippen LogP contribution in [0.3, 0.4) is 0 Å². The van der Waals surface area contributed by atoms with Crippen molar-refractivity contribution in [3.05, 3.63) is 83.6 Å². The molecule has 1 nitrogen and oxygen atoms in total. The summed E-state index contributed by atoms with van der Waals surface area (Å²) in [5, 5.41) is 1.30. The van der Waals surface area contributed by atoms with E-state index >= 15 is 0 Å². The van der Waals surface area contributed by atoms with Gasteiger partial charge in [0.15, 0.2) is 0 Å². The molecular weight excluding hydrogens is 350 g/mol. The van der Waals surface area contributed by atoms with E-state index in [1.54, 1.807) is 0 Å². The number of hydrogen-bond donors (Lipinski definition) is 1. The van der Waals surface area contributed by atoms with E-state index in [2.05, 4.69) is 99.4 Å². The molecule has 0 fully saturated rings. The van der Waals surface area contributed by atoms with Gasteiger partial charge in [0.25, 0.3) is 0 Å². The Morgan fingerprint density at radius 1 is 0.724 bits per heavy atom. The summed E-state index contributed by atoms with van der Waals surface area (Å²) in [6.45, 7) is 8.92. The summed E-state index contributed by atoms with van der Waals surface area (Å²) >= 11 is 0. The van der Waals surface area contributed by atoms with Crippen LogP contribution >= 0.6 is 0 Å².